The van der Waals surface area contributed by atoms with Crippen LogP contribution in [0.25, 0.3) is 0 Å². The lowest BCUT2D eigenvalue weighted by molar-refractivity contribution is -0.198. The van der Waals surface area contributed by atoms with Gasteiger partial charge in [0.1, 0.15) is 0 Å². The van der Waals surface area contributed by atoms with Crippen molar-refractivity contribution in [3.05, 3.63) is 0 Å². The second kappa shape index (κ2) is 3.36. The number of alkyl halides is 3. The van der Waals surface area contributed by atoms with E-state index in [1.165, 1.54) is 0 Å². The van der Waals surface area contributed by atoms with Gasteiger partial charge in [-0.15, -0.1) is 0 Å². The molecule has 3 fully saturated rings. The SMILES string of the molecule is O=C(O)C1CN(C(=O)C(F)(F)F)C2CC1C2. The van der Waals surface area contributed by atoms with Gasteiger partial charge in [0, 0.05) is 12.6 Å². The fourth-order valence-electron chi connectivity index (χ4n) is 2.41. The molecule has 7 heteroatoms. The summed E-state index contributed by atoms with van der Waals surface area (Å²) in [5.74, 6) is -3.96. The van der Waals surface area contributed by atoms with Crippen molar-refractivity contribution in [3.8, 4) is 0 Å². The maximum Gasteiger partial charge on any atom is 0.471 e. The molecule has 0 radical (unpaired) electrons. The minimum Gasteiger partial charge on any atom is -0.481 e. The van der Waals surface area contributed by atoms with E-state index in [2.05, 4.69) is 0 Å². The summed E-state index contributed by atoms with van der Waals surface area (Å²) >= 11 is 0. The Kier molecular flexibility index (Phi) is 2.36. The number of amides is 1. The second-order valence-corrected chi connectivity index (χ2v) is 4.29. The molecule has 0 spiro atoms. The molecule has 1 saturated carbocycles. The Hall–Kier alpha value is -1.27. The Morgan fingerprint density at radius 2 is 1.81 bits per heavy atom. The van der Waals surface area contributed by atoms with Gasteiger partial charge >= 0.3 is 18.1 Å². The van der Waals surface area contributed by atoms with Crippen molar-refractivity contribution in [2.24, 2.45) is 11.8 Å². The molecule has 0 aromatic carbocycles. The molecule has 2 heterocycles. The molecule has 90 valence electrons. The molecule has 3 rings (SSSR count). The molecular formula is C9H10F3NO3. The summed E-state index contributed by atoms with van der Waals surface area (Å²) in [4.78, 5) is 22.5. The van der Waals surface area contributed by atoms with Gasteiger partial charge < -0.3 is 10.0 Å². The molecule has 0 aromatic heterocycles. The van der Waals surface area contributed by atoms with Gasteiger partial charge in [0.25, 0.3) is 0 Å². The number of hydrogen-bond donors (Lipinski definition) is 1. The third-order valence-corrected chi connectivity index (χ3v) is 3.37. The largest absolute Gasteiger partial charge is 0.481 e. The van der Waals surface area contributed by atoms with E-state index in [4.69, 9.17) is 5.11 Å². The van der Waals surface area contributed by atoms with Crippen molar-refractivity contribution in [1.29, 1.82) is 0 Å². The maximum absolute atomic E-state index is 12.2. The molecule has 1 aliphatic carbocycles. The van der Waals surface area contributed by atoms with Crippen molar-refractivity contribution < 1.29 is 27.9 Å². The topological polar surface area (TPSA) is 57.6 Å². The number of carbonyl (C=O) groups is 2. The van der Waals surface area contributed by atoms with Gasteiger partial charge in [0.15, 0.2) is 0 Å². The Bertz CT molecular complexity index is 335. The summed E-state index contributed by atoms with van der Waals surface area (Å²) in [7, 11) is 0. The fourth-order valence-corrected chi connectivity index (χ4v) is 2.41. The molecule has 2 bridgehead atoms. The summed E-state index contributed by atoms with van der Waals surface area (Å²) in [6.45, 7) is -0.316. The van der Waals surface area contributed by atoms with E-state index in [0.717, 1.165) is 0 Å². The highest BCUT2D eigenvalue weighted by Gasteiger charge is 2.54. The number of piperidine rings is 2. The third-order valence-electron chi connectivity index (χ3n) is 3.37. The maximum atomic E-state index is 12.2. The van der Waals surface area contributed by atoms with Crippen LogP contribution in [0.3, 0.4) is 0 Å². The highest BCUT2D eigenvalue weighted by Crippen LogP contribution is 2.44. The van der Waals surface area contributed by atoms with Gasteiger partial charge in [0.2, 0.25) is 0 Å². The van der Waals surface area contributed by atoms with Gasteiger partial charge in [-0.3, -0.25) is 9.59 Å². The standard InChI is InChI=1S/C9H10F3NO3/c10-9(11,12)8(16)13-3-6(7(14)15)4-1-5(13)2-4/h4-6H,1-3H2,(H,14,15). The molecule has 0 aromatic rings. The lowest BCUT2D eigenvalue weighted by Gasteiger charge is -2.51. The molecule has 4 nitrogen and oxygen atoms in total. The van der Waals surface area contributed by atoms with Crippen LogP contribution in [0.2, 0.25) is 0 Å². The number of hydrogen-bond acceptors (Lipinski definition) is 2. The van der Waals surface area contributed by atoms with Crippen LogP contribution in [0.1, 0.15) is 12.8 Å². The van der Waals surface area contributed by atoms with Crippen molar-refractivity contribution in [3.63, 3.8) is 0 Å². The van der Waals surface area contributed by atoms with E-state index >= 15 is 0 Å². The van der Waals surface area contributed by atoms with Crippen molar-refractivity contribution in [1.82, 2.24) is 4.90 Å². The first-order valence-corrected chi connectivity index (χ1v) is 4.91. The average Bonchev–Trinajstić information content (AvgIpc) is 2.12. The third kappa shape index (κ3) is 1.64. The number of rotatable bonds is 1. The van der Waals surface area contributed by atoms with Crippen LogP contribution in [0.5, 0.6) is 0 Å². The Morgan fingerprint density at radius 3 is 2.25 bits per heavy atom. The molecule has 1 unspecified atom stereocenters. The quantitative estimate of drug-likeness (QED) is 0.736. The number of fused-ring (bicyclic) bond motifs is 2. The van der Waals surface area contributed by atoms with Crippen LogP contribution in [-0.2, 0) is 9.59 Å². The van der Waals surface area contributed by atoms with Crippen LogP contribution in [0.4, 0.5) is 13.2 Å². The lowest BCUT2D eigenvalue weighted by Crippen LogP contribution is -2.62. The first kappa shape index (κ1) is 11.2. The van der Waals surface area contributed by atoms with Crippen LogP contribution < -0.4 is 0 Å². The van der Waals surface area contributed by atoms with Crippen LogP contribution >= 0.6 is 0 Å². The smallest absolute Gasteiger partial charge is 0.471 e. The van der Waals surface area contributed by atoms with Gasteiger partial charge in [-0.05, 0) is 18.8 Å². The predicted octanol–water partition coefficient (Wildman–Crippen LogP) is 0.870. The summed E-state index contributed by atoms with van der Waals surface area (Å²) in [6, 6.07) is -0.422. The highest BCUT2D eigenvalue weighted by molar-refractivity contribution is 5.83. The van der Waals surface area contributed by atoms with E-state index in [9.17, 15) is 22.8 Å². The Morgan fingerprint density at radius 1 is 1.25 bits per heavy atom. The second-order valence-electron chi connectivity index (χ2n) is 4.29. The summed E-state index contributed by atoms with van der Waals surface area (Å²) in [6.07, 6.45) is -4.16. The molecule has 1 N–H and O–H groups in total. The molecular weight excluding hydrogens is 227 g/mol. The first-order valence-electron chi connectivity index (χ1n) is 4.91. The first-order chi connectivity index (χ1) is 7.30. The van der Waals surface area contributed by atoms with E-state index in [0.29, 0.717) is 17.7 Å². The number of carboxylic acids is 1. The van der Waals surface area contributed by atoms with E-state index in [1.54, 1.807) is 0 Å². The van der Waals surface area contributed by atoms with E-state index in [-0.39, 0.29) is 12.5 Å². The van der Waals surface area contributed by atoms with Crippen LogP contribution in [0.15, 0.2) is 0 Å². The normalized spacial score (nSPS) is 33.2. The van der Waals surface area contributed by atoms with Crippen molar-refractivity contribution in [2.45, 2.75) is 25.1 Å². The van der Waals surface area contributed by atoms with Gasteiger partial charge in [-0.25, -0.2) is 0 Å². The van der Waals surface area contributed by atoms with Crippen LogP contribution in [-0.4, -0.2) is 40.6 Å². The molecule has 2 saturated heterocycles. The number of carboxylic acid groups (broad SMARTS) is 1. The minimum atomic E-state index is -4.91. The number of nitrogens with zero attached hydrogens (tertiary/aromatic N) is 1. The number of aliphatic carboxylic acids is 1. The number of carbonyl (C=O) groups excluding carboxylic acids is 1. The number of halogens is 3. The molecule has 16 heavy (non-hydrogen) atoms. The molecule has 2 aliphatic heterocycles. The minimum absolute atomic E-state index is 0.0696. The molecule has 1 atom stereocenters. The van der Waals surface area contributed by atoms with Gasteiger partial charge in [0.05, 0.1) is 5.92 Å². The van der Waals surface area contributed by atoms with Crippen molar-refractivity contribution >= 4 is 11.9 Å². The molecule has 1 amide bonds. The Labute approximate surface area is 89.0 Å². The zero-order valence-electron chi connectivity index (χ0n) is 8.20. The average molecular weight is 237 g/mol. The summed E-state index contributed by atoms with van der Waals surface area (Å²) < 4.78 is 36.6. The molecule has 3 aliphatic rings. The predicted molar refractivity (Wildman–Crippen MR) is 45.4 cm³/mol. The Balaban J connectivity index is 2.12. The highest BCUT2D eigenvalue weighted by atomic mass is 19.4. The van der Waals surface area contributed by atoms with Gasteiger partial charge in [-0.1, -0.05) is 0 Å². The monoisotopic (exact) mass is 237 g/mol. The fraction of sp³-hybridized carbons (Fsp3) is 0.778. The van der Waals surface area contributed by atoms with Crippen LogP contribution in [0, 0.1) is 11.8 Å². The lowest BCUT2D eigenvalue weighted by atomic mass is 9.67. The zero-order chi connectivity index (χ0) is 12.1. The summed E-state index contributed by atoms with van der Waals surface area (Å²) in [5.41, 5.74) is 0. The van der Waals surface area contributed by atoms with Crippen molar-refractivity contribution in [2.75, 3.05) is 6.54 Å². The van der Waals surface area contributed by atoms with E-state index < -0.39 is 30.0 Å². The van der Waals surface area contributed by atoms with Gasteiger partial charge in [-0.2, -0.15) is 13.2 Å². The summed E-state index contributed by atoms with van der Waals surface area (Å²) in [5, 5.41) is 8.82. The van der Waals surface area contributed by atoms with E-state index in [1.807, 2.05) is 0 Å². The zero-order valence-corrected chi connectivity index (χ0v) is 8.20.